The van der Waals surface area contributed by atoms with Crippen LogP contribution in [0.15, 0.2) is 59.6 Å². The van der Waals surface area contributed by atoms with Crippen LogP contribution in [0.5, 0.6) is 0 Å². The molecule has 2 rings (SSSR count). The third-order valence-electron chi connectivity index (χ3n) is 4.92. The Morgan fingerprint density at radius 2 is 1.67 bits per heavy atom. The van der Waals surface area contributed by atoms with Crippen LogP contribution in [0.25, 0.3) is 0 Å². The molecule has 1 amide bonds. The third-order valence-corrected chi connectivity index (χ3v) is 4.92. The molecule has 0 radical (unpaired) electrons. The molecular formula is C24H35N5O. The van der Waals surface area contributed by atoms with E-state index in [9.17, 15) is 4.79 Å². The number of carbonyl (C=O) groups excluding carboxylic acids is 1. The molecule has 30 heavy (non-hydrogen) atoms. The molecule has 0 saturated carbocycles. The minimum Gasteiger partial charge on any atom is -0.375 e. The molecule has 0 aliphatic rings. The Kier molecular flexibility index (Phi) is 9.71. The molecule has 6 heteroatoms. The first-order valence-electron chi connectivity index (χ1n) is 10.5. The Morgan fingerprint density at radius 3 is 2.37 bits per heavy atom. The van der Waals surface area contributed by atoms with E-state index in [-0.39, 0.29) is 5.91 Å². The molecule has 2 N–H and O–H groups in total. The number of para-hydroxylation sites is 1. The number of carbonyl (C=O) groups is 1. The van der Waals surface area contributed by atoms with E-state index in [0.717, 1.165) is 56.0 Å². The van der Waals surface area contributed by atoms with Crippen LogP contribution >= 0.6 is 0 Å². The smallest absolute Gasteiger partial charge is 0.253 e. The first kappa shape index (κ1) is 23.3. The number of unbranched alkanes of at least 4 members (excludes halogenated alkanes) is 1. The van der Waals surface area contributed by atoms with E-state index < -0.39 is 0 Å². The monoisotopic (exact) mass is 409 g/mol. The minimum atomic E-state index is 0.0280. The van der Waals surface area contributed by atoms with Gasteiger partial charge in [-0.1, -0.05) is 30.3 Å². The van der Waals surface area contributed by atoms with Crippen LogP contribution in [-0.2, 0) is 6.42 Å². The summed E-state index contributed by atoms with van der Waals surface area (Å²) in [6.07, 6.45) is 3.02. The van der Waals surface area contributed by atoms with E-state index in [1.165, 1.54) is 5.69 Å². The maximum atomic E-state index is 12.1. The normalized spacial score (nSPS) is 11.1. The lowest BCUT2D eigenvalue weighted by molar-refractivity contribution is 0.0827. The lowest BCUT2D eigenvalue weighted by Gasteiger charge is -2.19. The van der Waals surface area contributed by atoms with E-state index in [1.807, 2.05) is 30.3 Å². The van der Waals surface area contributed by atoms with E-state index in [4.69, 9.17) is 0 Å². The Bertz CT molecular complexity index is 804. The highest BCUT2D eigenvalue weighted by Gasteiger charge is 2.08. The molecule has 0 unspecified atom stereocenters. The molecule has 0 aliphatic heterocycles. The summed E-state index contributed by atoms with van der Waals surface area (Å²) in [7, 11) is 7.46. The fourth-order valence-corrected chi connectivity index (χ4v) is 3.16. The van der Waals surface area contributed by atoms with Crippen molar-refractivity contribution in [2.45, 2.75) is 19.3 Å². The highest BCUT2D eigenvalue weighted by Crippen LogP contribution is 2.11. The van der Waals surface area contributed by atoms with E-state index in [1.54, 1.807) is 26.0 Å². The molecule has 0 atom stereocenters. The number of guanidine groups is 1. The van der Waals surface area contributed by atoms with Crippen molar-refractivity contribution in [2.75, 3.05) is 52.7 Å². The van der Waals surface area contributed by atoms with Crippen LogP contribution < -0.4 is 15.5 Å². The zero-order valence-electron chi connectivity index (χ0n) is 18.7. The Balaban J connectivity index is 1.65. The van der Waals surface area contributed by atoms with Crippen LogP contribution in [0, 0.1) is 0 Å². The number of hydrogen-bond donors (Lipinski definition) is 2. The molecule has 2 aromatic rings. The average Bonchev–Trinajstić information content (AvgIpc) is 2.77. The number of amides is 1. The van der Waals surface area contributed by atoms with Crippen molar-refractivity contribution in [1.29, 1.82) is 0 Å². The van der Waals surface area contributed by atoms with Crippen molar-refractivity contribution in [3.05, 3.63) is 65.7 Å². The van der Waals surface area contributed by atoms with Crippen LogP contribution in [-0.4, -0.2) is 64.6 Å². The molecule has 0 bridgehead atoms. The number of aliphatic imine (C=N–C) groups is 1. The predicted molar refractivity (Wildman–Crippen MR) is 126 cm³/mol. The number of benzene rings is 2. The van der Waals surface area contributed by atoms with Gasteiger partial charge in [0.25, 0.3) is 5.91 Å². The number of hydrogen-bond acceptors (Lipinski definition) is 3. The van der Waals surface area contributed by atoms with Crippen molar-refractivity contribution in [1.82, 2.24) is 15.5 Å². The predicted octanol–water partition coefficient (Wildman–Crippen LogP) is 3.01. The van der Waals surface area contributed by atoms with Crippen LogP contribution in [0.4, 0.5) is 5.69 Å². The van der Waals surface area contributed by atoms with Crippen molar-refractivity contribution in [2.24, 2.45) is 4.99 Å². The molecule has 0 fully saturated rings. The third kappa shape index (κ3) is 7.78. The lowest BCUT2D eigenvalue weighted by atomic mass is 10.1. The van der Waals surface area contributed by atoms with Gasteiger partial charge in [-0.3, -0.25) is 9.79 Å². The second-order valence-electron chi connectivity index (χ2n) is 7.54. The van der Waals surface area contributed by atoms with Crippen molar-refractivity contribution >= 4 is 17.6 Å². The topological polar surface area (TPSA) is 60.0 Å². The van der Waals surface area contributed by atoms with Gasteiger partial charge in [-0.15, -0.1) is 0 Å². The molecule has 6 nitrogen and oxygen atoms in total. The maximum Gasteiger partial charge on any atom is 0.253 e. The van der Waals surface area contributed by atoms with Gasteiger partial charge in [0.1, 0.15) is 0 Å². The highest BCUT2D eigenvalue weighted by molar-refractivity contribution is 5.94. The Hall–Kier alpha value is -3.02. The first-order valence-corrected chi connectivity index (χ1v) is 10.5. The molecule has 0 aromatic heterocycles. The number of rotatable bonds is 10. The van der Waals surface area contributed by atoms with Gasteiger partial charge in [0, 0.05) is 59.1 Å². The SMILES string of the molecule is CN=C(NCCCCN(C)c1ccccc1)NCCc1cccc(C(=O)N(C)C)c1. The second-order valence-corrected chi connectivity index (χ2v) is 7.54. The quantitative estimate of drug-likeness (QED) is 0.360. The molecular weight excluding hydrogens is 374 g/mol. The fraction of sp³-hybridized carbons (Fsp3) is 0.417. The summed E-state index contributed by atoms with van der Waals surface area (Å²) in [5, 5.41) is 6.72. The molecule has 0 aliphatic carbocycles. The van der Waals surface area contributed by atoms with Gasteiger partial charge in [-0.25, -0.2) is 0 Å². The number of anilines is 1. The maximum absolute atomic E-state index is 12.1. The lowest BCUT2D eigenvalue weighted by Crippen LogP contribution is -2.38. The van der Waals surface area contributed by atoms with Crippen LogP contribution in [0.1, 0.15) is 28.8 Å². The highest BCUT2D eigenvalue weighted by atomic mass is 16.2. The zero-order chi connectivity index (χ0) is 21.8. The van der Waals surface area contributed by atoms with Gasteiger partial charge in [0.05, 0.1) is 0 Å². The summed E-state index contributed by atoms with van der Waals surface area (Å²) in [5.41, 5.74) is 3.11. The number of nitrogens with zero attached hydrogens (tertiary/aromatic N) is 3. The number of nitrogens with one attached hydrogen (secondary N) is 2. The summed E-state index contributed by atoms with van der Waals surface area (Å²) in [5.74, 6) is 0.840. The average molecular weight is 410 g/mol. The minimum absolute atomic E-state index is 0.0280. The van der Waals surface area contributed by atoms with Gasteiger partial charge in [0.15, 0.2) is 5.96 Å². The summed E-state index contributed by atoms with van der Waals surface area (Å²) in [4.78, 5) is 20.3. The van der Waals surface area contributed by atoms with Crippen molar-refractivity contribution < 1.29 is 4.79 Å². The van der Waals surface area contributed by atoms with Gasteiger partial charge in [-0.05, 0) is 49.1 Å². The van der Waals surface area contributed by atoms with E-state index >= 15 is 0 Å². The van der Waals surface area contributed by atoms with Crippen LogP contribution in [0.3, 0.4) is 0 Å². The summed E-state index contributed by atoms with van der Waals surface area (Å²) in [6.45, 7) is 2.67. The Morgan fingerprint density at radius 1 is 0.933 bits per heavy atom. The van der Waals surface area contributed by atoms with Gasteiger partial charge in [-0.2, -0.15) is 0 Å². The Labute approximate surface area is 181 Å². The summed E-state index contributed by atoms with van der Waals surface area (Å²) in [6, 6.07) is 18.3. The standard InChI is InChI=1S/C24H35N5O/c1-25-24(26-16-8-9-18-29(4)22-13-6-5-7-14-22)27-17-15-20-11-10-12-21(19-20)23(30)28(2)3/h5-7,10-14,19H,8-9,15-18H2,1-4H3,(H2,25,26,27). The largest absolute Gasteiger partial charge is 0.375 e. The van der Waals surface area contributed by atoms with Gasteiger partial charge in [0.2, 0.25) is 0 Å². The van der Waals surface area contributed by atoms with Gasteiger partial charge < -0.3 is 20.4 Å². The molecule has 162 valence electrons. The molecule has 0 heterocycles. The van der Waals surface area contributed by atoms with Gasteiger partial charge >= 0.3 is 0 Å². The first-order chi connectivity index (χ1) is 14.5. The zero-order valence-corrected chi connectivity index (χ0v) is 18.7. The fourth-order valence-electron chi connectivity index (χ4n) is 3.16. The second kappa shape index (κ2) is 12.5. The molecule has 0 spiro atoms. The van der Waals surface area contributed by atoms with E-state index in [2.05, 4.69) is 51.8 Å². The van der Waals surface area contributed by atoms with Crippen LogP contribution in [0.2, 0.25) is 0 Å². The molecule has 2 aromatic carbocycles. The summed E-state index contributed by atoms with van der Waals surface area (Å²) < 4.78 is 0. The van der Waals surface area contributed by atoms with E-state index in [0.29, 0.717) is 0 Å². The summed E-state index contributed by atoms with van der Waals surface area (Å²) >= 11 is 0. The van der Waals surface area contributed by atoms with Crippen molar-refractivity contribution in [3.8, 4) is 0 Å². The van der Waals surface area contributed by atoms with Crippen molar-refractivity contribution in [3.63, 3.8) is 0 Å². The molecule has 0 saturated heterocycles.